The predicted molar refractivity (Wildman–Crippen MR) is 77.7 cm³/mol. The van der Waals surface area contributed by atoms with Crippen molar-refractivity contribution < 1.29 is 27.2 Å². The molecule has 1 saturated heterocycles. The van der Waals surface area contributed by atoms with E-state index >= 15 is 0 Å². The van der Waals surface area contributed by atoms with E-state index < -0.39 is 30.4 Å². The first-order valence-corrected chi connectivity index (χ1v) is 6.63. The van der Waals surface area contributed by atoms with E-state index in [1.165, 1.54) is 6.07 Å². The van der Waals surface area contributed by atoms with Crippen LogP contribution in [0.5, 0.6) is 5.75 Å². The normalized spacial score (nSPS) is 20.2. The second-order valence-electron chi connectivity index (χ2n) is 6.16. The summed E-state index contributed by atoms with van der Waals surface area (Å²) in [5, 5.41) is 0. The molecule has 1 aliphatic rings. The molecule has 0 aromatic heterocycles. The SMILES string of the molecule is CC1(C)OB(c2cc(N)c(N)cc2OC(F)(F)F)OC1(C)C. The van der Waals surface area contributed by atoms with Crippen molar-refractivity contribution >= 4 is 24.0 Å². The van der Waals surface area contributed by atoms with Crippen molar-refractivity contribution in [2.75, 3.05) is 11.5 Å². The maximum absolute atomic E-state index is 12.6. The van der Waals surface area contributed by atoms with Crippen LogP contribution in [0.25, 0.3) is 0 Å². The number of ether oxygens (including phenoxy) is 1. The standard InChI is InChI=1S/C13H18BF3N2O3/c1-11(2)12(3,4)22-14(21-11)7-5-8(18)9(19)6-10(7)20-13(15,16)17/h5-6H,18-19H2,1-4H3. The van der Waals surface area contributed by atoms with Gasteiger partial charge in [-0.15, -0.1) is 13.2 Å². The number of anilines is 2. The fourth-order valence-corrected chi connectivity index (χ4v) is 2.00. The first-order chi connectivity index (χ1) is 9.82. The molecule has 4 N–H and O–H groups in total. The molecule has 2 rings (SSSR count). The molecule has 122 valence electrons. The zero-order valence-corrected chi connectivity index (χ0v) is 12.7. The second-order valence-corrected chi connectivity index (χ2v) is 6.16. The van der Waals surface area contributed by atoms with Crippen LogP contribution in [0.1, 0.15) is 27.7 Å². The molecule has 1 heterocycles. The van der Waals surface area contributed by atoms with Crippen molar-refractivity contribution in [2.45, 2.75) is 45.3 Å². The van der Waals surface area contributed by atoms with Crippen LogP contribution in [0, 0.1) is 0 Å². The first-order valence-electron chi connectivity index (χ1n) is 6.63. The Hall–Kier alpha value is -1.61. The van der Waals surface area contributed by atoms with Gasteiger partial charge in [0.25, 0.3) is 0 Å². The van der Waals surface area contributed by atoms with Gasteiger partial charge in [0.2, 0.25) is 0 Å². The third kappa shape index (κ3) is 3.10. The molecule has 0 aliphatic carbocycles. The summed E-state index contributed by atoms with van der Waals surface area (Å²) in [6.07, 6.45) is -4.86. The van der Waals surface area contributed by atoms with Crippen LogP contribution >= 0.6 is 0 Å². The Morgan fingerprint density at radius 2 is 1.45 bits per heavy atom. The van der Waals surface area contributed by atoms with Crippen molar-refractivity contribution in [3.8, 4) is 5.75 Å². The third-order valence-electron chi connectivity index (χ3n) is 3.95. The molecule has 1 fully saturated rings. The minimum absolute atomic E-state index is 0.0143. The van der Waals surface area contributed by atoms with E-state index in [2.05, 4.69) is 4.74 Å². The van der Waals surface area contributed by atoms with E-state index in [1.807, 2.05) is 0 Å². The molecular weight excluding hydrogens is 300 g/mol. The largest absolute Gasteiger partial charge is 0.573 e. The number of nitrogens with two attached hydrogens (primary N) is 2. The summed E-state index contributed by atoms with van der Waals surface area (Å²) in [5.74, 6) is -0.488. The van der Waals surface area contributed by atoms with Gasteiger partial charge in [0, 0.05) is 11.5 Å². The molecule has 0 unspecified atom stereocenters. The van der Waals surface area contributed by atoms with Crippen LogP contribution < -0.4 is 21.7 Å². The zero-order valence-electron chi connectivity index (χ0n) is 12.7. The summed E-state index contributed by atoms with van der Waals surface area (Å²) in [6.45, 7) is 7.16. The predicted octanol–water partition coefficient (Wildman–Crippen LogP) is 2.05. The van der Waals surface area contributed by atoms with Crippen LogP contribution in [-0.4, -0.2) is 24.7 Å². The van der Waals surface area contributed by atoms with Crippen molar-refractivity contribution in [1.82, 2.24) is 0 Å². The van der Waals surface area contributed by atoms with Crippen LogP contribution in [0.4, 0.5) is 24.5 Å². The quantitative estimate of drug-likeness (QED) is 0.644. The molecule has 0 amide bonds. The summed E-state index contributed by atoms with van der Waals surface area (Å²) in [5.41, 5.74) is 9.99. The summed E-state index contributed by atoms with van der Waals surface area (Å²) >= 11 is 0. The molecule has 0 spiro atoms. The number of hydrogen-bond donors (Lipinski definition) is 2. The summed E-state index contributed by atoms with van der Waals surface area (Å²) in [4.78, 5) is 0. The van der Waals surface area contributed by atoms with E-state index in [-0.39, 0.29) is 16.8 Å². The van der Waals surface area contributed by atoms with Gasteiger partial charge in [0.1, 0.15) is 5.75 Å². The van der Waals surface area contributed by atoms with Gasteiger partial charge < -0.3 is 25.5 Å². The molecule has 0 saturated carbocycles. The minimum atomic E-state index is -4.86. The molecule has 0 bridgehead atoms. The van der Waals surface area contributed by atoms with Gasteiger partial charge in [-0.25, -0.2) is 0 Å². The van der Waals surface area contributed by atoms with Crippen LogP contribution in [0.15, 0.2) is 12.1 Å². The Morgan fingerprint density at radius 3 is 1.91 bits per heavy atom. The Labute approximate surface area is 126 Å². The number of benzene rings is 1. The average Bonchev–Trinajstić information content (AvgIpc) is 2.50. The molecule has 1 aromatic carbocycles. The fourth-order valence-electron chi connectivity index (χ4n) is 2.00. The Kier molecular flexibility index (Phi) is 3.77. The second kappa shape index (κ2) is 4.95. The third-order valence-corrected chi connectivity index (χ3v) is 3.95. The highest BCUT2D eigenvalue weighted by Crippen LogP contribution is 2.38. The van der Waals surface area contributed by atoms with Crippen LogP contribution in [0.2, 0.25) is 0 Å². The maximum atomic E-state index is 12.6. The molecule has 0 atom stereocenters. The highest BCUT2D eigenvalue weighted by atomic mass is 19.4. The minimum Gasteiger partial charge on any atom is -0.406 e. The number of hydrogen-bond acceptors (Lipinski definition) is 5. The zero-order chi connectivity index (χ0) is 16.9. The molecule has 22 heavy (non-hydrogen) atoms. The lowest BCUT2D eigenvalue weighted by atomic mass is 9.78. The molecule has 5 nitrogen and oxygen atoms in total. The molecule has 9 heteroatoms. The van der Waals surface area contributed by atoms with Crippen molar-refractivity contribution in [3.05, 3.63) is 12.1 Å². The lowest BCUT2D eigenvalue weighted by molar-refractivity contribution is -0.274. The lowest BCUT2D eigenvalue weighted by Crippen LogP contribution is -2.41. The van der Waals surface area contributed by atoms with Gasteiger partial charge in [-0.3, -0.25) is 0 Å². The summed E-state index contributed by atoms with van der Waals surface area (Å²) in [7, 11) is -1.04. The molecule has 1 aliphatic heterocycles. The van der Waals surface area contributed by atoms with Gasteiger partial charge >= 0.3 is 13.5 Å². The number of nitrogen functional groups attached to an aromatic ring is 2. The highest BCUT2D eigenvalue weighted by Gasteiger charge is 2.53. The molecule has 0 radical (unpaired) electrons. The first kappa shape index (κ1) is 16.8. The Balaban J connectivity index is 2.45. The van der Waals surface area contributed by atoms with Gasteiger partial charge in [0.15, 0.2) is 0 Å². The lowest BCUT2D eigenvalue weighted by Gasteiger charge is -2.32. The smallest absolute Gasteiger partial charge is 0.406 e. The summed E-state index contributed by atoms with van der Waals surface area (Å²) in [6, 6.07) is 2.29. The van der Waals surface area contributed by atoms with Gasteiger partial charge in [-0.2, -0.15) is 0 Å². The van der Waals surface area contributed by atoms with Crippen molar-refractivity contribution in [1.29, 1.82) is 0 Å². The number of halogens is 3. The van der Waals surface area contributed by atoms with Crippen molar-refractivity contribution in [3.63, 3.8) is 0 Å². The fraction of sp³-hybridized carbons (Fsp3) is 0.538. The number of rotatable bonds is 2. The van der Waals surface area contributed by atoms with Crippen molar-refractivity contribution in [2.24, 2.45) is 0 Å². The Morgan fingerprint density at radius 1 is 1.00 bits per heavy atom. The summed E-state index contributed by atoms with van der Waals surface area (Å²) < 4.78 is 53.2. The van der Waals surface area contributed by atoms with E-state index in [4.69, 9.17) is 20.8 Å². The van der Waals surface area contributed by atoms with E-state index in [0.29, 0.717) is 0 Å². The van der Waals surface area contributed by atoms with Gasteiger partial charge in [-0.05, 0) is 33.8 Å². The maximum Gasteiger partial charge on any atom is 0.573 e. The van der Waals surface area contributed by atoms with E-state index in [9.17, 15) is 13.2 Å². The topological polar surface area (TPSA) is 79.7 Å². The molecular formula is C13H18BF3N2O3. The van der Waals surface area contributed by atoms with E-state index in [0.717, 1.165) is 6.07 Å². The van der Waals surface area contributed by atoms with Gasteiger partial charge in [-0.1, -0.05) is 0 Å². The molecule has 1 aromatic rings. The Bertz CT molecular complexity index is 575. The average molecular weight is 318 g/mol. The highest BCUT2D eigenvalue weighted by molar-refractivity contribution is 6.63. The van der Waals surface area contributed by atoms with Gasteiger partial charge in [0.05, 0.1) is 22.6 Å². The van der Waals surface area contributed by atoms with Crippen LogP contribution in [-0.2, 0) is 9.31 Å². The van der Waals surface area contributed by atoms with E-state index in [1.54, 1.807) is 27.7 Å². The monoisotopic (exact) mass is 318 g/mol. The number of alkyl halides is 3. The van der Waals surface area contributed by atoms with Crippen LogP contribution in [0.3, 0.4) is 0 Å².